The number of aromatic amines is 1. The van der Waals surface area contributed by atoms with Crippen LogP contribution in [-0.4, -0.2) is 29.3 Å². The molecule has 3 aromatic heterocycles. The molecule has 0 saturated heterocycles. The number of nitrogens with zero attached hydrogens (tertiary/aromatic N) is 5. The molecule has 0 aliphatic heterocycles. The standard InChI is InChI=1S/C17H13FN6O2S/c18-12-4-2-1-3-11(12)7-24-14(8-23-6-5-15(25)21-17(23)26)20-16(22-24)13-9-27-10-19-13/h1-6,9-10H,7-8H2,(H,21,25,26). The van der Waals surface area contributed by atoms with Crippen LogP contribution in [-0.2, 0) is 13.1 Å². The number of hydrogen-bond donors (Lipinski definition) is 1. The topological polar surface area (TPSA) is 98.5 Å². The van der Waals surface area contributed by atoms with Gasteiger partial charge >= 0.3 is 5.69 Å². The first-order valence-electron chi connectivity index (χ1n) is 7.95. The van der Waals surface area contributed by atoms with E-state index in [4.69, 9.17) is 0 Å². The molecule has 1 aromatic carbocycles. The van der Waals surface area contributed by atoms with Crippen LogP contribution in [0.2, 0.25) is 0 Å². The van der Waals surface area contributed by atoms with Gasteiger partial charge in [-0.2, -0.15) is 0 Å². The van der Waals surface area contributed by atoms with E-state index in [9.17, 15) is 14.0 Å². The lowest BCUT2D eigenvalue weighted by Gasteiger charge is -2.08. The molecule has 8 nitrogen and oxygen atoms in total. The number of benzene rings is 1. The van der Waals surface area contributed by atoms with Crippen molar-refractivity contribution in [1.29, 1.82) is 0 Å². The summed E-state index contributed by atoms with van der Waals surface area (Å²) in [5.74, 6) is 0.478. The van der Waals surface area contributed by atoms with Crippen LogP contribution in [0.3, 0.4) is 0 Å². The van der Waals surface area contributed by atoms with Crippen LogP contribution in [0, 0.1) is 5.82 Å². The van der Waals surface area contributed by atoms with Gasteiger partial charge in [0.05, 0.1) is 18.6 Å². The van der Waals surface area contributed by atoms with E-state index < -0.39 is 11.2 Å². The SMILES string of the molecule is O=c1ccn(Cc2nc(-c3cscn3)nn2Cc2ccccc2F)c(=O)[nH]1. The fourth-order valence-corrected chi connectivity index (χ4v) is 3.09. The van der Waals surface area contributed by atoms with E-state index in [0.29, 0.717) is 22.9 Å². The van der Waals surface area contributed by atoms with Crippen molar-refractivity contribution in [3.63, 3.8) is 0 Å². The third-order valence-corrected chi connectivity index (χ3v) is 4.48. The molecule has 0 aliphatic rings. The fraction of sp³-hybridized carbons (Fsp3) is 0.118. The summed E-state index contributed by atoms with van der Waals surface area (Å²) in [5.41, 5.74) is 1.67. The monoisotopic (exact) mass is 384 g/mol. The first-order chi connectivity index (χ1) is 13.1. The van der Waals surface area contributed by atoms with Gasteiger partial charge in [0, 0.05) is 23.2 Å². The van der Waals surface area contributed by atoms with Crippen LogP contribution in [0.5, 0.6) is 0 Å². The Hall–Kier alpha value is -3.40. The van der Waals surface area contributed by atoms with Crippen LogP contribution in [0.1, 0.15) is 11.4 Å². The molecular weight excluding hydrogens is 371 g/mol. The number of aromatic nitrogens is 6. The molecule has 0 amide bonds. The molecule has 1 N–H and O–H groups in total. The van der Waals surface area contributed by atoms with Crippen LogP contribution in [0.25, 0.3) is 11.5 Å². The molecule has 27 heavy (non-hydrogen) atoms. The van der Waals surface area contributed by atoms with E-state index in [-0.39, 0.29) is 18.9 Å². The quantitative estimate of drug-likeness (QED) is 0.562. The van der Waals surface area contributed by atoms with Gasteiger partial charge in [-0.05, 0) is 6.07 Å². The van der Waals surface area contributed by atoms with E-state index in [1.54, 1.807) is 29.1 Å². The Morgan fingerprint density at radius 1 is 1.15 bits per heavy atom. The summed E-state index contributed by atoms with van der Waals surface area (Å²) in [5, 5.41) is 6.23. The Morgan fingerprint density at radius 3 is 2.74 bits per heavy atom. The first-order valence-corrected chi connectivity index (χ1v) is 8.90. The van der Waals surface area contributed by atoms with E-state index >= 15 is 0 Å². The van der Waals surface area contributed by atoms with Crippen molar-refractivity contribution < 1.29 is 4.39 Å². The smallest absolute Gasteiger partial charge is 0.293 e. The predicted molar refractivity (Wildman–Crippen MR) is 97.1 cm³/mol. The summed E-state index contributed by atoms with van der Waals surface area (Å²) in [6.45, 7) is 0.221. The van der Waals surface area contributed by atoms with Gasteiger partial charge in [-0.15, -0.1) is 16.4 Å². The number of nitrogens with one attached hydrogen (secondary N) is 1. The highest BCUT2D eigenvalue weighted by Gasteiger charge is 2.15. The minimum Gasteiger partial charge on any atom is -0.293 e. The molecule has 0 aliphatic carbocycles. The van der Waals surface area contributed by atoms with Crippen molar-refractivity contribution in [1.82, 2.24) is 29.3 Å². The van der Waals surface area contributed by atoms with Crippen molar-refractivity contribution in [2.24, 2.45) is 0 Å². The van der Waals surface area contributed by atoms with Gasteiger partial charge < -0.3 is 0 Å². The van der Waals surface area contributed by atoms with Crippen molar-refractivity contribution in [2.45, 2.75) is 13.1 Å². The van der Waals surface area contributed by atoms with Crippen LogP contribution < -0.4 is 11.2 Å². The molecular formula is C17H13FN6O2S. The summed E-state index contributed by atoms with van der Waals surface area (Å²) in [4.78, 5) is 34.1. The van der Waals surface area contributed by atoms with Gasteiger partial charge in [-0.25, -0.2) is 23.8 Å². The van der Waals surface area contributed by atoms with E-state index in [1.165, 1.54) is 38.9 Å². The van der Waals surface area contributed by atoms with Gasteiger partial charge in [0.15, 0.2) is 0 Å². The van der Waals surface area contributed by atoms with Gasteiger partial charge in [0.2, 0.25) is 5.82 Å². The minimum atomic E-state index is -0.557. The second-order valence-electron chi connectivity index (χ2n) is 5.71. The van der Waals surface area contributed by atoms with Crippen molar-refractivity contribution in [3.8, 4) is 11.5 Å². The fourth-order valence-electron chi connectivity index (χ4n) is 2.56. The number of halogens is 1. The first kappa shape index (κ1) is 17.0. The Bertz CT molecular complexity index is 1190. The number of rotatable bonds is 5. The van der Waals surface area contributed by atoms with E-state index in [2.05, 4.69) is 20.1 Å². The van der Waals surface area contributed by atoms with Crippen molar-refractivity contribution in [2.75, 3.05) is 0 Å². The Kier molecular flexibility index (Phi) is 4.47. The Labute approximate surface area is 155 Å². The Morgan fingerprint density at radius 2 is 2.00 bits per heavy atom. The molecule has 0 fully saturated rings. The lowest BCUT2D eigenvalue weighted by atomic mass is 10.2. The highest BCUT2D eigenvalue weighted by Crippen LogP contribution is 2.17. The molecule has 0 spiro atoms. The highest BCUT2D eigenvalue weighted by atomic mass is 32.1. The Balaban J connectivity index is 1.75. The summed E-state index contributed by atoms with van der Waals surface area (Å²) in [6, 6.07) is 7.64. The van der Waals surface area contributed by atoms with Gasteiger partial charge in [-0.1, -0.05) is 18.2 Å². The molecule has 4 rings (SSSR count). The highest BCUT2D eigenvalue weighted by molar-refractivity contribution is 7.07. The lowest BCUT2D eigenvalue weighted by molar-refractivity contribution is 0.559. The van der Waals surface area contributed by atoms with Crippen LogP contribution in [0.15, 0.2) is 57.0 Å². The third-order valence-electron chi connectivity index (χ3n) is 3.90. The molecule has 4 aromatic rings. The van der Waals surface area contributed by atoms with Crippen LogP contribution >= 0.6 is 11.3 Å². The molecule has 136 valence electrons. The van der Waals surface area contributed by atoms with Crippen molar-refractivity contribution in [3.05, 3.63) is 85.5 Å². The molecule has 0 radical (unpaired) electrons. The average molecular weight is 384 g/mol. The second-order valence-corrected chi connectivity index (χ2v) is 6.43. The summed E-state index contributed by atoms with van der Waals surface area (Å²) in [7, 11) is 0. The molecule has 0 unspecified atom stereocenters. The lowest BCUT2D eigenvalue weighted by Crippen LogP contribution is -2.29. The maximum atomic E-state index is 14.1. The maximum absolute atomic E-state index is 14.1. The van der Waals surface area contributed by atoms with Gasteiger partial charge in [-0.3, -0.25) is 14.3 Å². The molecule has 0 saturated carbocycles. The van der Waals surface area contributed by atoms with Gasteiger partial charge in [0.25, 0.3) is 5.56 Å². The number of thiazole rings is 1. The zero-order valence-corrected chi connectivity index (χ0v) is 14.7. The predicted octanol–water partition coefficient (Wildman–Crippen LogP) is 1.49. The maximum Gasteiger partial charge on any atom is 0.328 e. The molecule has 0 atom stereocenters. The zero-order valence-electron chi connectivity index (χ0n) is 13.9. The normalized spacial score (nSPS) is 11.0. The molecule has 3 heterocycles. The van der Waals surface area contributed by atoms with Gasteiger partial charge in [0.1, 0.15) is 17.3 Å². The van der Waals surface area contributed by atoms with Crippen molar-refractivity contribution >= 4 is 11.3 Å². The number of H-pyrrole nitrogens is 1. The van der Waals surface area contributed by atoms with E-state index in [0.717, 1.165) is 0 Å². The minimum absolute atomic E-state index is 0.0706. The third kappa shape index (κ3) is 3.60. The summed E-state index contributed by atoms with van der Waals surface area (Å²) >= 11 is 1.41. The average Bonchev–Trinajstić information content (AvgIpc) is 3.30. The van der Waals surface area contributed by atoms with Crippen LogP contribution in [0.4, 0.5) is 4.39 Å². The summed E-state index contributed by atoms with van der Waals surface area (Å²) in [6.07, 6.45) is 1.38. The number of hydrogen-bond acceptors (Lipinski definition) is 6. The molecule has 0 bridgehead atoms. The van der Waals surface area contributed by atoms with E-state index in [1.807, 2.05) is 0 Å². The molecule has 10 heteroatoms. The second kappa shape index (κ2) is 7.08. The largest absolute Gasteiger partial charge is 0.328 e. The zero-order chi connectivity index (χ0) is 18.8. The summed E-state index contributed by atoms with van der Waals surface area (Å²) < 4.78 is 16.9.